The van der Waals surface area contributed by atoms with Gasteiger partial charge in [0.15, 0.2) is 0 Å². The van der Waals surface area contributed by atoms with Gasteiger partial charge in [0.05, 0.1) is 31.6 Å². The fourth-order valence-corrected chi connectivity index (χ4v) is 4.44. The number of morpholine rings is 1. The topological polar surface area (TPSA) is 59.5 Å². The summed E-state index contributed by atoms with van der Waals surface area (Å²) in [5, 5.41) is 4.78. The summed E-state index contributed by atoms with van der Waals surface area (Å²) >= 11 is 0. The first kappa shape index (κ1) is 21.1. The zero-order chi connectivity index (χ0) is 20.6. The summed E-state index contributed by atoms with van der Waals surface area (Å²) in [6.07, 6.45) is 12.5. The van der Waals surface area contributed by atoms with Crippen LogP contribution in [0.5, 0.6) is 0 Å². The van der Waals surface area contributed by atoms with E-state index in [0.717, 1.165) is 68.0 Å². The van der Waals surface area contributed by atoms with Crippen LogP contribution in [-0.2, 0) is 9.47 Å². The van der Waals surface area contributed by atoms with Crippen LogP contribution in [0.4, 0.5) is 5.82 Å². The highest BCUT2D eigenvalue weighted by atomic mass is 16.5. The van der Waals surface area contributed by atoms with E-state index in [9.17, 15) is 0 Å². The van der Waals surface area contributed by atoms with E-state index in [0.29, 0.717) is 12.1 Å². The van der Waals surface area contributed by atoms with Crippen LogP contribution in [0.1, 0.15) is 51.0 Å². The lowest BCUT2D eigenvalue weighted by Gasteiger charge is -2.39. The molecule has 2 aromatic rings. The maximum absolute atomic E-state index is 5.56. The summed E-state index contributed by atoms with van der Waals surface area (Å²) in [6.45, 7) is 6.86. The predicted octanol–water partition coefficient (Wildman–Crippen LogP) is 4.47. The summed E-state index contributed by atoms with van der Waals surface area (Å²) in [5.41, 5.74) is 2.08. The molecule has 0 bridgehead atoms. The van der Waals surface area contributed by atoms with Gasteiger partial charge in [-0.3, -0.25) is 4.90 Å². The van der Waals surface area contributed by atoms with Gasteiger partial charge in [-0.05, 0) is 55.9 Å². The van der Waals surface area contributed by atoms with Crippen molar-refractivity contribution in [2.75, 3.05) is 38.2 Å². The van der Waals surface area contributed by atoms with Gasteiger partial charge >= 0.3 is 0 Å². The molecule has 4 rings (SSSR count). The van der Waals surface area contributed by atoms with Crippen molar-refractivity contribution < 1.29 is 9.47 Å². The molecule has 1 aromatic carbocycles. The molecule has 6 heteroatoms. The third-order valence-electron chi connectivity index (χ3n) is 6.23. The van der Waals surface area contributed by atoms with Gasteiger partial charge in [-0.1, -0.05) is 19.4 Å². The van der Waals surface area contributed by atoms with E-state index in [1.54, 1.807) is 12.6 Å². The van der Waals surface area contributed by atoms with Crippen molar-refractivity contribution in [3.63, 3.8) is 0 Å². The fraction of sp³-hybridized carbons (Fsp3) is 0.583. The zero-order valence-corrected chi connectivity index (χ0v) is 18.1. The minimum Gasteiger partial charge on any atom is -0.501 e. The van der Waals surface area contributed by atoms with Crippen LogP contribution in [0.3, 0.4) is 0 Å². The third-order valence-corrected chi connectivity index (χ3v) is 6.23. The molecule has 0 unspecified atom stereocenters. The van der Waals surface area contributed by atoms with Gasteiger partial charge in [0.25, 0.3) is 0 Å². The van der Waals surface area contributed by atoms with Crippen molar-refractivity contribution in [2.24, 2.45) is 0 Å². The normalized spacial score (nSPS) is 23.1. The molecule has 1 N–H and O–H groups in total. The largest absolute Gasteiger partial charge is 0.501 e. The van der Waals surface area contributed by atoms with Crippen molar-refractivity contribution in [3.8, 4) is 0 Å². The number of unbranched alkanes of at least 4 members (excludes halogenated alkanes) is 1. The second-order valence-corrected chi connectivity index (χ2v) is 8.32. The fourth-order valence-electron chi connectivity index (χ4n) is 4.44. The molecule has 30 heavy (non-hydrogen) atoms. The van der Waals surface area contributed by atoms with E-state index < -0.39 is 0 Å². The SMILES string of the molecule is CCCCO/C=C/c1ccc2ncnc(N[C@H]3CC[C@H](N4CCOCC4)CC3)c2c1. The minimum absolute atomic E-state index is 0.469. The van der Waals surface area contributed by atoms with E-state index in [4.69, 9.17) is 9.47 Å². The van der Waals surface area contributed by atoms with Crippen LogP contribution >= 0.6 is 0 Å². The minimum atomic E-state index is 0.469. The number of aromatic nitrogens is 2. The molecule has 6 nitrogen and oxygen atoms in total. The molecular formula is C24H34N4O2. The molecule has 2 aliphatic rings. The van der Waals surface area contributed by atoms with Gasteiger partial charge in [-0.25, -0.2) is 9.97 Å². The third kappa shape index (κ3) is 5.49. The number of rotatable bonds is 8. The highest BCUT2D eigenvalue weighted by Crippen LogP contribution is 2.28. The Bertz CT molecular complexity index is 827. The number of hydrogen-bond acceptors (Lipinski definition) is 6. The van der Waals surface area contributed by atoms with Gasteiger partial charge in [0.2, 0.25) is 0 Å². The molecule has 162 valence electrons. The summed E-state index contributed by atoms with van der Waals surface area (Å²) in [4.78, 5) is 11.6. The summed E-state index contributed by atoms with van der Waals surface area (Å²) < 4.78 is 11.1. The molecule has 1 aliphatic carbocycles. The highest BCUT2D eigenvalue weighted by Gasteiger charge is 2.27. The van der Waals surface area contributed by atoms with Crippen LogP contribution in [0, 0.1) is 0 Å². The molecule has 2 fully saturated rings. The Labute approximate surface area is 179 Å². The Morgan fingerprint density at radius 2 is 2.00 bits per heavy atom. The Kier molecular flexibility index (Phi) is 7.54. The Morgan fingerprint density at radius 3 is 2.80 bits per heavy atom. The average Bonchev–Trinajstić information content (AvgIpc) is 2.80. The Hall–Kier alpha value is -2.18. The molecule has 2 heterocycles. The van der Waals surface area contributed by atoms with E-state index in [1.165, 1.54) is 25.7 Å². The summed E-state index contributed by atoms with van der Waals surface area (Å²) in [7, 11) is 0. The molecule has 1 aromatic heterocycles. The lowest BCUT2D eigenvalue weighted by Crippen LogP contribution is -2.46. The molecule has 0 atom stereocenters. The van der Waals surface area contributed by atoms with E-state index in [2.05, 4.69) is 45.3 Å². The van der Waals surface area contributed by atoms with Crippen LogP contribution < -0.4 is 5.32 Å². The lowest BCUT2D eigenvalue weighted by molar-refractivity contribution is 0.00791. The smallest absolute Gasteiger partial charge is 0.137 e. The number of benzene rings is 1. The number of fused-ring (bicyclic) bond motifs is 1. The molecule has 0 radical (unpaired) electrons. The summed E-state index contributed by atoms with van der Waals surface area (Å²) in [5.74, 6) is 0.942. The maximum Gasteiger partial charge on any atom is 0.137 e. The monoisotopic (exact) mass is 410 g/mol. The predicted molar refractivity (Wildman–Crippen MR) is 121 cm³/mol. The van der Waals surface area contributed by atoms with Crippen LogP contribution in [0.2, 0.25) is 0 Å². The number of nitrogens with one attached hydrogen (secondary N) is 1. The van der Waals surface area contributed by atoms with E-state index in [-0.39, 0.29) is 0 Å². The summed E-state index contributed by atoms with van der Waals surface area (Å²) in [6, 6.07) is 7.46. The van der Waals surface area contributed by atoms with Crippen LogP contribution in [0.25, 0.3) is 17.0 Å². The van der Waals surface area contributed by atoms with E-state index in [1.807, 2.05) is 6.08 Å². The van der Waals surface area contributed by atoms with Gasteiger partial charge < -0.3 is 14.8 Å². The van der Waals surface area contributed by atoms with Gasteiger partial charge in [0, 0.05) is 30.6 Å². The first-order chi connectivity index (χ1) is 14.8. The van der Waals surface area contributed by atoms with Crippen molar-refractivity contribution in [2.45, 2.75) is 57.5 Å². The van der Waals surface area contributed by atoms with Crippen LogP contribution in [0.15, 0.2) is 30.8 Å². The number of ether oxygens (including phenoxy) is 2. The van der Waals surface area contributed by atoms with E-state index >= 15 is 0 Å². The zero-order valence-electron chi connectivity index (χ0n) is 18.1. The first-order valence-corrected chi connectivity index (χ1v) is 11.4. The number of anilines is 1. The van der Waals surface area contributed by atoms with Crippen molar-refractivity contribution in [3.05, 3.63) is 36.4 Å². The van der Waals surface area contributed by atoms with Gasteiger partial charge in [-0.2, -0.15) is 0 Å². The standard InChI is InChI=1S/C24H34N4O2/c1-2-3-13-29-14-10-19-4-9-23-22(17-19)24(26-18-25-23)27-20-5-7-21(8-6-20)28-11-15-30-16-12-28/h4,9-10,14,17-18,20-21H,2-3,5-8,11-13,15-16H2,1H3,(H,25,26,27)/b14-10+/t20-,21-. The molecular weight excluding hydrogens is 376 g/mol. The first-order valence-electron chi connectivity index (χ1n) is 11.4. The highest BCUT2D eigenvalue weighted by molar-refractivity contribution is 5.90. The van der Waals surface area contributed by atoms with Crippen molar-refractivity contribution in [1.29, 1.82) is 0 Å². The molecule has 0 spiro atoms. The molecule has 1 aliphatic heterocycles. The van der Waals surface area contributed by atoms with Crippen LogP contribution in [-0.4, -0.2) is 59.9 Å². The second-order valence-electron chi connectivity index (χ2n) is 8.32. The van der Waals surface area contributed by atoms with Crippen molar-refractivity contribution >= 4 is 22.8 Å². The maximum atomic E-state index is 5.56. The number of nitrogens with zero attached hydrogens (tertiary/aromatic N) is 3. The van der Waals surface area contributed by atoms with Crippen molar-refractivity contribution in [1.82, 2.24) is 14.9 Å². The quantitative estimate of drug-likeness (QED) is 0.512. The van der Waals surface area contributed by atoms with Gasteiger partial charge in [-0.15, -0.1) is 0 Å². The second kappa shape index (κ2) is 10.7. The molecule has 1 saturated carbocycles. The van der Waals surface area contributed by atoms with Gasteiger partial charge in [0.1, 0.15) is 12.1 Å². The lowest BCUT2D eigenvalue weighted by atomic mass is 9.90. The Balaban J connectivity index is 1.38. The average molecular weight is 411 g/mol. The molecule has 1 saturated heterocycles. The number of hydrogen-bond donors (Lipinski definition) is 1. The Morgan fingerprint density at radius 1 is 1.17 bits per heavy atom. The molecule has 0 amide bonds.